The lowest BCUT2D eigenvalue weighted by Gasteiger charge is -2.26. The summed E-state index contributed by atoms with van der Waals surface area (Å²) >= 11 is 0. The van der Waals surface area contributed by atoms with E-state index in [4.69, 9.17) is 9.47 Å². The number of esters is 1. The van der Waals surface area contributed by atoms with Crippen molar-refractivity contribution in [2.45, 2.75) is 57.4 Å². The Hall–Kier alpha value is -0.610. The smallest absolute Gasteiger partial charge is 0.325 e. The zero-order valence-electron chi connectivity index (χ0n) is 12.7. The highest BCUT2D eigenvalue weighted by Gasteiger charge is 2.31. The van der Waals surface area contributed by atoms with Gasteiger partial charge in [0.2, 0.25) is 0 Å². The van der Waals surface area contributed by atoms with Crippen LogP contribution in [0.15, 0.2) is 0 Å². The quantitative estimate of drug-likeness (QED) is 0.490. The fraction of sp³-hybridized carbons (Fsp3) is 0.933. The number of hydrogen-bond acceptors (Lipinski definition) is 4. The van der Waals surface area contributed by atoms with Crippen molar-refractivity contribution < 1.29 is 14.3 Å². The number of methoxy groups -OCH3 is 1. The average Bonchev–Trinajstić information content (AvgIpc) is 2.38. The van der Waals surface area contributed by atoms with E-state index in [0.29, 0.717) is 0 Å². The molecule has 0 radical (unpaired) electrons. The van der Waals surface area contributed by atoms with Crippen molar-refractivity contribution in [3.63, 3.8) is 0 Å². The Kier molecular flexibility index (Phi) is 7.39. The van der Waals surface area contributed by atoms with Crippen molar-refractivity contribution in [3.8, 4) is 0 Å². The zero-order valence-corrected chi connectivity index (χ0v) is 12.7. The predicted molar refractivity (Wildman–Crippen MR) is 76.1 cm³/mol. The number of hydrogen-bond donors (Lipinski definition) is 1. The van der Waals surface area contributed by atoms with Crippen molar-refractivity contribution >= 4 is 5.97 Å². The van der Waals surface area contributed by atoms with Crippen LogP contribution in [0.1, 0.15) is 51.9 Å². The van der Waals surface area contributed by atoms with Gasteiger partial charge in [-0.3, -0.25) is 4.79 Å². The highest BCUT2D eigenvalue weighted by molar-refractivity contribution is 5.80. The summed E-state index contributed by atoms with van der Waals surface area (Å²) in [6.07, 6.45) is 8.15. The summed E-state index contributed by atoms with van der Waals surface area (Å²) in [5.41, 5.74) is -0.569. The lowest BCUT2D eigenvalue weighted by atomic mass is 9.83. The molecule has 0 aliphatic heterocycles. The third-order valence-electron chi connectivity index (χ3n) is 4.30. The Labute approximate surface area is 117 Å². The molecule has 1 aliphatic rings. The van der Waals surface area contributed by atoms with Gasteiger partial charge in [-0.05, 0) is 45.6 Å². The molecule has 1 aliphatic carbocycles. The molecule has 4 nitrogen and oxygen atoms in total. The van der Waals surface area contributed by atoms with E-state index in [1.807, 2.05) is 6.92 Å². The molecule has 1 N–H and O–H groups in total. The van der Waals surface area contributed by atoms with Gasteiger partial charge in [0.15, 0.2) is 0 Å². The number of rotatable bonds is 10. The van der Waals surface area contributed by atoms with Gasteiger partial charge in [0.1, 0.15) is 5.54 Å². The van der Waals surface area contributed by atoms with Crippen LogP contribution in [0, 0.1) is 5.92 Å². The Balaban J connectivity index is 2.00. The largest absolute Gasteiger partial charge is 0.468 e. The number of ether oxygens (including phenoxy) is 2. The minimum Gasteiger partial charge on any atom is -0.468 e. The van der Waals surface area contributed by atoms with Gasteiger partial charge in [-0.2, -0.15) is 0 Å². The molecule has 4 heteroatoms. The van der Waals surface area contributed by atoms with Gasteiger partial charge < -0.3 is 14.8 Å². The van der Waals surface area contributed by atoms with Gasteiger partial charge in [-0.25, -0.2) is 0 Å². The molecule has 0 aromatic heterocycles. The van der Waals surface area contributed by atoms with Gasteiger partial charge in [0.05, 0.1) is 7.11 Å². The third kappa shape index (κ3) is 5.49. The molecule has 19 heavy (non-hydrogen) atoms. The van der Waals surface area contributed by atoms with Gasteiger partial charge in [0, 0.05) is 13.2 Å². The SMILES string of the molecule is CNC(C)(CCCCOCCC1CCC1)C(=O)OC. The first-order chi connectivity index (χ1) is 9.12. The Bertz CT molecular complexity index is 266. The summed E-state index contributed by atoms with van der Waals surface area (Å²) in [4.78, 5) is 11.6. The number of carbonyl (C=O) groups excluding carboxylic acids is 1. The van der Waals surface area contributed by atoms with Crippen LogP contribution < -0.4 is 5.32 Å². The molecule has 0 heterocycles. The molecule has 0 spiro atoms. The molecule has 1 unspecified atom stereocenters. The fourth-order valence-electron chi connectivity index (χ4n) is 2.37. The topological polar surface area (TPSA) is 47.6 Å². The zero-order chi connectivity index (χ0) is 14.1. The molecule has 1 saturated carbocycles. The maximum absolute atomic E-state index is 11.6. The second-order valence-corrected chi connectivity index (χ2v) is 5.73. The van der Waals surface area contributed by atoms with Crippen LogP contribution in [0.4, 0.5) is 0 Å². The summed E-state index contributed by atoms with van der Waals surface area (Å²) in [6.45, 7) is 3.58. The first kappa shape index (κ1) is 16.4. The minimum atomic E-state index is -0.569. The Morgan fingerprint density at radius 2 is 2.05 bits per heavy atom. The van der Waals surface area contributed by atoms with E-state index in [1.54, 1.807) is 7.05 Å². The van der Waals surface area contributed by atoms with Crippen LogP contribution in [0.3, 0.4) is 0 Å². The summed E-state index contributed by atoms with van der Waals surface area (Å²) < 4.78 is 10.5. The summed E-state index contributed by atoms with van der Waals surface area (Å²) in [6, 6.07) is 0. The summed E-state index contributed by atoms with van der Waals surface area (Å²) in [5.74, 6) is 0.729. The highest BCUT2D eigenvalue weighted by atomic mass is 16.5. The number of likely N-dealkylation sites (N-methyl/N-ethyl adjacent to an activating group) is 1. The first-order valence-corrected chi connectivity index (χ1v) is 7.47. The summed E-state index contributed by atoms with van der Waals surface area (Å²) in [7, 11) is 3.23. The average molecular weight is 271 g/mol. The molecule has 1 fully saturated rings. The highest BCUT2D eigenvalue weighted by Crippen LogP contribution is 2.29. The van der Waals surface area contributed by atoms with E-state index in [-0.39, 0.29) is 5.97 Å². The predicted octanol–water partition coefficient (Wildman–Crippen LogP) is 2.51. The van der Waals surface area contributed by atoms with Crippen molar-refractivity contribution in [3.05, 3.63) is 0 Å². The van der Waals surface area contributed by atoms with Crippen molar-refractivity contribution in [1.29, 1.82) is 0 Å². The molecular formula is C15H29NO3. The lowest BCUT2D eigenvalue weighted by molar-refractivity contribution is -0.148. The molecule has 1 atom stereocenters. The lowest BCUT2D eigenvalue weighted by Crippen LogP contribution is -2.48. The molecular weight excluding hydrogens is 242 g/mol. The van der Waals surface area contributed by atoms with Crippen molar-refractivity contribution in [1.82, 2.24) is 5.32 Å². The second kappa shape index (κ2) is 8.54. The molecule has 0 bridgehead atoms. The fourth-order valence-corrected chi connectivity index (χ4v) is 2.37. The van der Waals surface area contributed by atoms with E-state index < -0.39 is 5.54 Å². The van der Waals surface area contributed by atoms with Crippen LogP contribution >= 0.6 is 0 Å². The minimum absolute atomic E-state index is 0.194. The van der Waals surface area contributed by atoms with E-state index in [0.717, 1.165) is 38.4 Å². The normalized spacial score (nSPS) is 18.7. The van der Waals surface area contributed by atoms with Crippen molar-refractivity contribution in [2.24, 2.45) is 5.92 Å². The molecule has 0 aromatic carbocycles. The molecule has 112 valence electrons. The number of carbonyl (C=O) groups is 1. The van der Waals surface area contributed by atoms with Gasteiger partial charge in [-0.15, -0.1) is 0 Å². The maximum Gasteiger partial charge on any atom is 0.325 e. The van der Waals surface area contributed by atoms with Gasteiger partial charge in [0.25, 0.3) is 0 Å². The van der Waals surface area contributed by atoms with Crippen LogP contribution in [-0.4, -0.2) is 38.9 Å². The standard InChI is InChI=1S/C15H29NO3/c1-15(16-2,14(17)18-3)10-4-5-11-19-12-9-13-7-6-8-13/h13,16H,4-12H2,1-3H3. The van der Waals surface area contributed by atoms with Gasteiger partial charge >= 0.3 is 5.97 Å². The van der Waals surface area contributed by atoms with Crippen LogP contribution in [0.25, 0.3) is 0 Å². The molecule has 0 saturated heterocycles. The second-order valence-electron chi connectivity index (χ2n) is 5.73. The molecule has 0 amide bonds. The van der Waals surface area contributed by atoms with E-state index in [2.05, 4.69) is 5.32 Å². The molecule has 1 rings (SSSR count). The Morgan fingerprint density at radius 3 is 2.58 bits per heavy atom. The molecule has 0 aromatic rings. The third-order valence-corrected chi connectivity index (χ3v) is 4.30. The van der Waals surface area contributed by atoms with Crippen molar-refractivity contribution in [2.75, 3.05) is 27.4 Å². The summed E-state index contributed by atoms with van der Waals surface area (Å²) in [5, 5.41) is 3.05. The van der Waals surface area contributed by atoms with Crippen LogP contribution in [0.5, 0.6) is 0 Å². The van der Waals surface area contributed by atoms with Crippen LogP contribution in [-0.2, 0) is 14.3 Å². The first-order valence-electron chi connectivity index (χ1n) is 7.47. The van der Waals surface area contributed by atoms with E-state index in [9.17, 15) is 4.79 Å². The number of unbranched alkanes of at least 4 members (excludes halogenated alkanes) is 1. The maximum atomic E-state index is 11.6. The van der Waals surface area contributed by atoms with E-state index in [1.165, 1.54) is 32.8 Å². The Morgan fingerprint density at radius 1 is 1.32 bits per heavy atom. The van der Waals surface area contributed by atoms with E-state index >= 15 is 0 Å². The number of nitrogens with one attached hydrogen (secondary N) is 1. The van der Waals surface area contributed by atoms with Crippen LogP contribution in [0.2, 0.25) is 0 Å². The van der Waals surface area contributed by atoms with Gasteiger partial charge in [-0.1, -0.05) is 19.3 Å². The monoisotopic (exact) mass is 271 g/mol.